The summed E-state index contributed by atoms with van der Waals surface area (Å²) >= 11 is 0. The second-order valence-electron chi connectivity index (χ2n) is 7.00. The van der Waals surface area contributed by atoms with Crippen molar-refractivity contribution in [2.45, 2.75) is 38.4 Å². The van der Waals surface area contributed by atoms with Crippen LogP contribution in [0, 0.1) is 6.92 Å². The van der Waals surface area contributed by atoms with Crippen molar-refractivity contribution < 1.29 is 9.84 Å². The monoisotopic (exact) mass is 339 g/mol. The van der Waals surface area contributed by atoms with E-state index in [2.05, 4.69) is 36.1 Å². The van der Waals surface area contributed by atoms with Gasteiger partial charge in [0.15, 0.2) is 0 Å². The molecule has 134 valence electrons. The SMILES string of the molecule is Cc1ccccc1[C@@H](OC[C@@H](O)CN1CCCCC1)c1ccccc1. The minimum absolute atomic E-state index is 0.140. The highest BCUT2D eigenvalue weighted by Gasteiger charge is 2.20. The number of hydrogen-bond acceptors (Lipinski definition) is 3. The normalized spacial score (nSPS) is 18.0. The average Bonchev–Trinajstić information content (AvgIpc) is 2.65. The molecule has 1 fully saturated rings. The number of benzene rings is 2. The summed E-state index contributed by atoms with van der Waals surface area (Å²) in [6.45, 7) is 5.35. The quantitative estimate of drug-likeness (QED) is 0.829. The lowest BCUT2D eigenvalue weighted by Gasteiger charge is -2.29. The number of aryl methyl sites for hydroxylation is 1. The van der Waals surface area contributed by atoms with Crippen LogP contribution in [0.5, 0.6) is 0 Å². The van der Waals surface area contributed by atoms with Crippen molar-refractivity contribution in [1.29, 1.82) is 0 Å². The van der Waals surface area contributed by atoms with Gasteiger partial charge in [-0.1, -0.05) is 61.0 Å². The van der Waals surface area contributed by atoms with E-state index in [1.807, 2.05) is 30.3 Å². The van der Waals surface area contributed by atoms with Crippen LogP contribution in [-0.4, -0.2) is 42.4 Å². The first kappa shape index (κ1) is 18.1. The Hall–Kier alpha value is -1.68. The Balaban J connectivity index is 1.67. The Morgan fingerprint density at radius 3 is 2.36 bits per heavy atom. The van der Waals surface area contributed by atoms with Crippen LogP contribution >= 0.6 is 0 Å². The van der Waals surface area contributed by atoms with Gasteiger partial charge >= 0.3 is 0 Å². The molecule has 0 unspecified atom stereocenters. The zero-order valence-electron chi connectivity index (χ0n) is 15.1. The van der Waals surface area contributed by atoms with E-state index in [1.54, 1.807) is 0 Å². The molecule has 1 aliphatic heterocycles. The molecule has 2 aromatic carbocycles. The van der Waals surface area contributed by atoms with Crippen LogP contribution in [0.15, 0.2) is 54.6 Å². The number of nitrogens with zero attached hydrogens (tertiary/aromatic N) is 1. The highest BCUT2D eigenvalue weighted by atomic mass is 16.5. The lowest BCUT2D eigenvalue weighted by molar-refractivity contribution is -0.0106. The minimum Gasteiger partial charge on any atom is -0.389 e. The van der Waals surface area contributed by atoms with E-state index >= 15 is 0 Å². The van der Waals surface area contributed by atoms with Crippen LogP contribution in [0.2, 0.25) is 0 Å². The van der Waals surface area contributed by atoms with Crippen molar-refractivity contribution >= 4 is 0 Å². The number of aliphatic hydroxyl groups excluding tert-OH is 1. The Kier molecular flexibility index (Phi) is 6.62. The third-order valence-corrected chi connectivity index (χ3v) is 4.95. The van der Waals surface area contributed by atoms with Gasteiger partial charge in [-0.15, -0.1) is 0 Å². The number of hydrogen-bond donors (Lipinski definition) is 1. The summed E-state index contributed by atoms with van der Waals surface area (Å²) in [7, 11) is 0. The summed E-state index contributed by atoms with van der Waals surface area (Å²) in [5, 5.41) is 10.4. The molecule has 3 rings (SSSR count). The first-order valence-corrected chi connectivity index (χ1v) is 9.36. The first-order valence-electron chi connectivity index (χ1n) is 9.36. The van der Waals surface area contributed by atoms with Crippen molar-refractivity contribution in [3.8, 4) is 0 Å². The summed E-state index contributed by atoms with van der Waals surface area (Å²) < 4.78 is 6.22. The topological polar surface area (TPSA) is 32.7 Å². The van der Waals surface area contributed by atoms with Crippen LogP contribution in [0.25, 0.3) is 0 Å². The molecule has 2 atom stereocenters. The number of ether oxygens (including phenoxy) is 1. The molecule has 0 amide bonds. The van der Waals surface area contributed by atoms with Crippen molar-refractivity contribution in [3.05, 3.63) is 71.3 Å². The van der Waals surface area contributed by atoms with Crippen LogP contribution < -0.4 is 0 Å². The van der Waals surface area contributed by atoms with E-state index < -0.39 is 6.10 Å². The van der Waals surface area contributed by atoms with Gasteiger partial charge in [0.25, 0.3) is 0 Å². The second-order valence-corrected chi connectivity index (χ2v) is 7.00. The average molecular weight is 339 g/mol. The fraction of sp³-hybridized carbons (Fsp3) is 0.455. The number of β-amino-alcohol motifs (C(OH)–C–C–N with tert-alkyl or cyclic N) is 1. The molecule has 25 heavy (non-hydrogen) atoms. The van der Waals surface area contributed by atoms with Gasteiger partial charge in [0.05, 0.1) is 12.7 Å². The van der Waals surface area contributed by atoms with E-state index in [1.165, 1.54) is 30.4 Å². The molecule has 0 spiro atoms. The zero-order chi connectivity index (χ0) is 17.5. The van der Waals surface area contributed by atoms with Crippen LogP contribution in [0.1, 0.15) is 42.1 Å². The molecule has 0 saturated carbocycles. The second kappa shape index (κ2) is 9.14. The van der Waals surface area contributed by atoms with Gasteiger partial charge in [0, 0.05) is 6.54 Å². The molecular weight excluding hydrogens is 310 g/mol. The molecule has 0 aromatic heterocycles. The lowest BCUT2D eigenvalue weighted by Crippen LogP contribution is -2.38. The van der Waals surface area contributed by atoms with Gasteiger partial charge < -0.3 is 14.7 Å². The van der Waals surface area contributed by atoms with Crippen LogP contribution in [0.3, 0.4) is 0 Å². The number of rotatable bonds is 7. The number of piperidine rings is 1. The van der Waals surface area contributed by atoms with Gasteiger partial charge in [-0.05, 0) is 49.5 Å². The summed E-state index contributed by atoms with van der Waals surface area (Å²) in [5.74, 6) is 0. The maximum absolute atomic E-state index is 10.4. The maximum atomic E-state index is 10.4. The third-order valence-electron chi connectivity index (χ3n) is 4.95. The molecule has 0 radical (unpaired) electrons. The van der Waals surface area contributed by atoms with E-state index in [4.69, 9.17) is 4.74 Å². The van der Waals surface area contributed by atoms with Crippen molar-refractivity contribution in [2.24, 2.45) is 0 Å². The molecular formula is C22H29NO2. The Labute approximate surface area is 151 Å². The predicted octanol–water partition coefficient (Wildman–Crippen LogP) is 3.95. The molecule has 1 heterocycles. The fourth-order valence-corrected chi connectivity index (χ4v) is 3.57. The van der Waals surface area contributed by atoms with Gasteiger partial charge in [-0.25, -0.2) is 0 Å². The summed E-state index contributed by atoms with van der Waals surface area (Å²) in [5.41, 5.74) is 3.50. The van der Waals surface area contributed by atoms with Gasteiger partial charge in [0.2, 0.25) is 0 Å². The Morgan fingerprint density at radius 2 is 1.64 bits per heavy atom. The van der Waals surface area contributed by atoms with Crippen molar-refractivity contribution in [2.75, 3.05) is 26.2 Å². The largest absolute Gasteiger partial charge is 0.389 e. The van der Waals surface area contributed by atoms with E-state index in [9.17, 15) is 5.11 Å². The molecule has 1 aliphatic rings. The molecule has 2 aromatic rings. The van der Waals surface area contributed by atoms with Crippen molar-refractivity contribution in [1.82, 2.24) is 4.90 Å². The predicted molar refractivity (Wildman–Crippen MR) is 102 cm³/mol. The Bertz CT molecular complexity index is 637. The summed E-state index contributed by atoms with van der Waals surface area (Å²) in [4.78, 5) is 2.35. The van der Waals surface area contributed by atoms with E-state index in [0.717, 1.165) is 18.7 Å². The van der Waals surface area contributed by atoms with Crippen molar-refractivity contribution in [3.63, 3.8) is 0 Å². The highest BCUT2D eigenvalue weighted by molar-refractivity contribution is 5.35. The third kappa shape index (κ3) is 5.15. The van der Waals surface area contributed by atoms with E-state index in [-0.39, 0.29) is 6.10 Å². The Morgan fingerprint density at radius 1 is 0.960 bits per heavy atom. The molecule has 1 saturated heterocycles. The van der Waals surface area contributed by atoms with Crippen LogP contribution in [0.4, 0.5) is 0 Å². The van der Waals surface area contributed by atoms with Gasteiger partial charge in [-0.3, -0.25) is 0 Å². The van der Waals surface area contributed by atoms with E-state index in [0.29, 0.717) is 13.2 Å². The molecule has 0 aliphatic carbocycles. The summed E-state index contributed by atoms with van der Waals surface area (Å²) in [6.07, 6.45) is 3.20. The highest BCUT2D eigenvalue weighted by Crippen LogP contribution is 2.28. The number of likely N-dealkylation sites (tertiary alicyclic amines) is 1. The zero-order valence-corrected chi connectivity index (χ0v) is 15.1. The molecule has 3 heteroatoms. The standard InChI is InChI=1S/C22H29NO2/c1-18-10-6-7-13-21(18)22(19-11-4-2-5-12-19)25-17-20(24)16-23-14-8-3-9-15-23/h2,4-7,10-13,20,22,24H,3,8-9,14-17H2,1H3/t20-,22-/m0/s1. The molecule has 1 N–H and O–H groups in total. The smallest absolute Gasteiger partial charge is 0.108 e. The van der Waals surface area contributed by atoms with Crippen LogP contribution in [-0.2, 0) is 4.74 Å². The minimum atomic E-state index is -0.451. The maximum Gasteiger partial charge on any atom is 0.108 e. The first-order chi connectivity index (χ1) is 12.2. The molecule has 0 bridgehead atoms. The summed E-state index contributed by atoms with van der Waals surface area (Å²) in [6, 6.07) is 18.6. The number of aliphatic hydroxyl groups is 1. The molecule has 3 nitrogen and oxygen atoms in total. The fourth-order valence-electron chi connectivity index (χ4n) is 3.57. The lowest BCUT2D eigenvalue weighted by atomic mass is 9.97. The van der Waals surface area contributed by atoms with Gasteiger partial charge in [0.1, 0.15) is 6.10 Å². The van der Waals surface area contributed by atoms with Gasteiger partial charge in [-0.2, -0.15) is 0 Å².